The molecule has 0 heterocycles. The van der Waals surface area contributed by atoms with Crippen molar-refractivity contribution >= 4 is 31.1 Å². The van der Waals surface area contributed by atoms with Gasteiger partial charge in [0.25, 0.3) is 10.0 Å². The molecule has 0 spiro atoms. The van der Waals surface area contributed by atoms with Crippen LogP contribution in [0.3, 0.4) is 0 Å². The zero-order valence-electron chi connectivity index (χ0n) is 8.82. The summed E-state index contributed by atoms with van der Waals surface area (Å²) >= 11 is -0.852. The summed E-state index contributed by atoms with van der Waals surface area (Å²) in [7, 11) is -3.48. The minimum absolute atomic E-state index is 0.260. The maximum Gasteiger partial charge on any atom is 0.286 e. The van der Waals surface area contributed by atoms with Gasteiger partial charge in [-0.15, -0.1) is 2.55 Å². The Morgan fingerprint density at radius 1 is 0.824 bits per heavy atom. The van der Waals surface area contributed by atoms with E-state index in [-0.39, 0.29) is 4.90 Å². The lowest BCUT2D eigenvalue weighted by molar-refractivity contribution is 0.599. The molecule has 2 rings (SSSR count). The van der Waals surface area contributed by atoms with Crippen LogP contribution < -0.4 is 0 Å². The first-order valence-electron chi connectivity index (χ1n) is 4.90. The van der Waals surface area contributed by atoms with Crippen LogP contribution in [0.1, 0.15) is 0 Å². The van der Waals surface area contributed by atoms with E-state index in [0.29, 0.717) is 0 Å². The largest absolute Gasteiger partial charge is 0.286 e. The van der Waals surface area contributed by atoms with E-state index in [1.165, 1.54) is 0 Å². The Hall–Kier alpha value is -1.08. The third kappa shape index (κ3) is 3.44. The molecule has 0 bridgehead atoms. The summed E-state index contributed by atoms with van der Waals surface area (Å²) < 4.78 is 28.6. The number of hydrogen-bond acceptors (Lipinski definition) is 2. The number of nitrogens with zero attached hydrogens (tertiary/aromatic N) is 1. The smallest absolute Gasteiger partial charge is 0.199 e. The first-order valence-corrected chi connectivity index (χ1v) is 8.38. The summed E-state index contributed by atoms with van der Waals surface area (Å²) in [6.45, 7) is 0. The minimum Gasteiger partial charge on any atom is -0.199 e. The Bertz CT molecular complexity index is 609. The average Bonchev–Trinajstić information content (AvgIpc) is 2.39. The predicted molar refractivity (Wildman–Crippen MR) is 75.2 cm³/mol. The van der Waals surface area contributed by atoms with E-state index in [1.54, 1.807) is 30.3 Å². The van der Waals surface area contributed by atoms with Crippen LogP contribution in [0, 0.1) is 3.57 Å². The van der Waals surface area contributed by atoms with Crippen molar-refractivity contribution in [2.24, 2.45) is 2.55 Å². The number of hydrogen-bond donors (Lipinski definition) is 0. The molecule has 5 heteroatoms. The molecular formula is C12H10INO2S. The Kier molecular flexibility index (Phi) is 4.01. The summed E-state index contributed by atoms with van der Waals surface area (Å²) in [5.41, 5.74) is 0. The molecule has 0 N–H and O–H groups in total. The van der Waals surface area contributed by atoms with Gasteiger partial charge in [0, 0.05) is 24.6 Å². The molecule has 2 aromatic rings. The highest BCUT2D eigenvalue weighted by atomic mass is 127. The van der Waals surface area contributed by atoms with Crippen molar-refractivity contribution in [2.75, 3.05) is 0 Å². The highest BCUT2D eigenvalue weighted by Gasteiger charge is 2.10. The molecule has 0 atom stereocenters. The van der Waals surface area contributed by atoms with Gasteiger partial charge in [0.1, 0.15) is 0 Å². The summed E-state index contributed by atoms with van der Waals surface area (Å²) in [5, 5.41) is 0. The minimum atomic E-state index is -3.48. The first-order chi connectivity index (χ1) is 8.18. The topological polar surface area (TPSA) is 46.5 Å². The molecule has 0 unspecified atom stereocenters. The van der Waals surface area contributed by atoms with Gasteiger partial charge in [-0.05, 0) is 24.3 Å². The van der Waals surface area contributed by atoms with Gasteiger partial charge in [-0.1, -0.05) is 36.4 Å². The lowest BCUT2D eigenvalue weighted by Crippen LogP contribution is -1.93. The molecule has 17 heavy (non-hydrogen) atoms. The number of benzene rings is 2. The maximum absolute atomic E-state index is 11.9. The first kappa shape index (κ1) is 12.4. The highest BCUT2D eigenvalue weighted by Crippen LogP contribution is 2.20. The van der Waals surface area contributed by atoms with Crippen LogP contribution in [0.5, 0.6) is 0 Å². The van der Waals surface area contributed by atoms with Crippen LogP contribution in [0.2, 0.25) is 0 Å². The standard InChI is InChI=1S/C12H10INO2S/c15-17(16,12-9-5-2-6-10-12)14-13-11-7-3-1-4-8-11/h1-10H. The molecule has 0 amide bonds. The van der Waals surface area contributed by atoms with Crippen LogP contribution in [-0.2, 0) is 10.0 Å². The van der Waals surface area contributed by atoms with E-state index in [9.17, 15) is 8.42 Å². The molecular weight excluding hydrogens is 349 g/mol. The molecule has 2 aromatic carbocycles. The summed E-state index contributed by atoms with van der Waals surface area (Å²) in [5.74, 6) is 0. The summed E-state index contributed by atoms with van der Waals surface area (Å²) in [6, 6.07) is 17.8. The second-order valence-corrected chi connectivity index (χ2v) is 7.71. The SMILES string of the molecule is O=S(=O)(N=Ic1ccccc1)c1ccccc1. The van der Waals surface area contributed by atoms with Gasteiger partial charge in [0.15, 0.2) is 0 Å². The van der Waals surface area contributed by atoms with E-state index >= 15 is 0 Å². The van der Waals surface area contributed by atoms with Gasteiger partial charge in [0.05, 0.1) is 4.90 Å². The molecule has 0 aliphatic heterocycles. The third-order valence-corrected chi connectivity index (χ3v) is 6.54. The normalized spacial score (nSPS) is 12.2. The fourth-order valence-electron chi connectivity index (χ4n) is 1.19. The van der Waals surface area contributed by atoms with E-state index in [2.05, 4.69) is 2.55 Å². The van der Waals surface area contributed by atoms with Gasteiger partial charge in [-0.25, -0.2) is 0 Å². The monoisotopic (exact) mass is 359 g/mol. The molecule has 0 radical (unpaired) electrons. The van der Waals surface area contributed by atoms with Crippen LogP contribution in [0.25, 0.3) is 0 Å². The van der Waals surface area contributed by atoms with Crippen molar-refractivity contribution < 1.29 is 8.42 Å². The van der Waals surface area contributed by atoms with E-state index in [0.717, 1.165) is 3.57 Å². The molecule has 0 saturated heterocycles. The van der Waals surface area contributed by atoms with Crippen molar-refractivity contribution in [3.63, 3.8) is 0 Å². The van der Waals surface area contributed by atoms with Gasteiger partial charge < -0.3 is 0 Å². The van der Waals surface area contributed by atoms with E-state index in [1.807, 2.05) is 30.3 Å². The number of sulfonamides is 1. The zero-order valence-corrected chi connectivity index (χ0v) is 11.8. The second kappa shape index (κ2) is 5.50. The fourth-order valence-corrected chi connectivity index (χ4v) is 4.82. The van der Waals surface area contributed by atoms with Crippen molar-refractivity contribution in [1.29, 1.82) is 0 Å². The van der Waals surface area contributed by atoms with Gasteiger partial charge >= 0.3 is 0 Å². The van der Waals surface area contributed by atoms with Gasteiger partial charge in [-0.2, -0.15) is 8.42 Å². The van der Waals surface area contributed by atoms with E-state index < -0.39 is 31.1 Å². The molecule has 0 fully saturated rings. The van der Waals surface area contributed by atoms with Crippen molar-refractivity contribution in [1.82, 2.24) is 0 Å². The zero-order chi connectivity index (χ0) is 12.1. The van der Waals surface area contributed by atoms with Crippen LogP contribution in [-0.4, -0.2) is 8.42 Å². The second-order valence-electron chi connectivity index (χ2n) is 3.24. The van der Waals surface area contributed by atoms with E-state index in [4.69, 9.17) is 0 Å². The quantitative estimate of drug-likeness (QED) is 0.789. The Morgan fingerprint density at radius 3 is 1.94 bits per heavy atom. The van der Waals surface area contributed by atoms with Crippen LogP contribution in [0.15, 0.2) is 68.1 Å². The number of halogens is 1. The third-order valence-electron chi connectivity index (χ3n) is 2.00. The molecule has 0 saturated carbocycles. The molecule has 88 valence electrons. The fraction of sp³-hybridized carbons (Fsp3) is 0. The molecule has 0 aliphatic rings. The molecule has 0 aromatic heterocycles. The van der Waals surface area contributed by atoms with Gasteiger partial charge in [0.2, 0.25) is 0 Å². The summed E-state index contributed by atoms with van der Waals surface area (Å²) in [6.07, 6.45) is 0. The lowest BCUT2D eigenvalue weighted by Gasteiger charge is -1.96. The number of rotatable bonds is 3. The van der Waals surface area contributed by atoms with Crippen molar-refractivity contribution in [3.05, 3.63) is 64.2 Å². The van der Waals surface area contributed by atoms with Crippen LogP contribution >= 0.6 is 21.0 Å². The Morgan fingerprint density at radius 2 is 1.35 bits per heavy atom. The predicted octanol–water partition coefficient (Wildman–Crippen LogP) is 3.40. The molecule has 0 aliphatic carbocycles. The Labute approximate surface area is 111 Å². The summed E-state index contributed by atoms with van der Waals surface area (Å²) in [4.78, 5) is 0.260. The Balaban J connectivity index is 2.28. The maximum atomic E-state index is 11.9. The highest BCUT2D eigenvalue weighted by molar-refractivity contribution is 14.2. The molecule has 3 nitrogen and oxygen atoms in total. The van der Waals surface area contributed by atoms with Crippen molar-refractivity contribution in [2.45, 2.75) is 4.90 Å². The lowest BCUT2D eigenvalue weighted by atomic mass is 10.4. The average molecular weight is 359 g/mol. The van der Waals surface area contributed by atoms with Crippen molar-refractivity contribution in [3.8, 4) is 0 Å². The van der Waals surface area contributed by atoms with Crippen LogP contribution in [0.4, 0.5) is 0 Å². The van der Waals surface area contributed by atoms with Gasteiger partial charge in [-0.3, -0.25) is 0 Å².